The maximum atomic E-state index is 2.31. The minimum absolute atomic E-state index is 1.05. The highest BCUT2D eigenvalue weighted by molar-refractivity contribution is 5.85. The van der Waals surface area contributed by atoms with Gasteiger partial charge in [0.05, 0.1) is 0 Å². The van der Waals surface area contributed by atoms with Crippen molar-refractivity contribution in [2.45, 2.75) is 12.8 Å². The molecule has 0 spiro atoms. The van der Waals surface area contributed by atoms with E-state index in [1.165, 1.54) is 21.9 Å². The van der Waals surface area contributed by atoms with Gasteiger partial charge in [-0.2, -0.15) is 0 Å². The third-order valence-corrected chi connectivity index (χ3v) is 3.12. The SMILES string of the molecule is C1=CC(Cc2cccc3ccccc23)=CC1. The number of hydrogen-bond donors (Lipinski definition) is 0. The van der Waals surface area contributed by atoms with Gasteiger partial charge in [0.15, 0.2) is 0 Å². The molecule has 0 saturated carbocycles. The number of benzene rings is 2. The van der Waals surface area contributed by atoms with Crippen LogP contribution < -0.4 is 0 Å². The first kappa shape index (κ1) is 9.41. The highest BCUT2D eigenvalue weighted by Crippen LogP contribution is 2.23. The Balaban J connectivity index is 2.06. The van der Waals surface area contributed by atoms with E-state index >= 15 is 0 Å². The molecule has 0 amide bonds. The summed E-state index contributed by atoms with van der Waals surface area (Å²) in [6, 6.07) is 15.2. The van der Waals surface area contributed by atoms with E-state index in [0.29, 0.717) is 0 Å². The second-order valence-corrected chi connectivity index (χ2v) is 4.23. The molecule has 0 radical (unpaired) electrons. The molecule has 0 atom stereocenters. The van der Waals surface area contributed by atoms with Gasteiger partial charge in [-0.25, -0.2) is 0 Å². The molecule has 0 N–H and O–H groups in total. The molecule has 1 aliphatic carbocycles. The number of hydrogen-bond acceptors (Lipinski definition) is 0. The summed E-state index contributed by atoms with van der Waals surface area (Å²) in [4.78, 5) is 0. The summed E-state index contributed by atoms with van der Waals surface area (Å²) in [5, 5.41) is 2.72. The molecule has 0 bridgehead atoms. The Hall–Kier alpha value is -1.82. The summed E-state index contributed by atoms with van der Waals surface area (Å²) in [6.45, 7) is 0. The fourth-order valence-electron chi connectivity index (χ4n) is 2.30. The Kier molecular flexibility index (Phi) is 2.34. The fourth-order valence-corrected chi connectivity index (χ4v) is 2.30. The molecule has 2 aromatic carbocycles. The number of allylic oxidation sites excluding steroid dienone is 4. The molecule has 0 heterocycles. The Labute approximate surface area is 95.9 Å². The molecule has 0 saturated heterocycles. The number of rotatable bonds is 2. The van der Waals surface area contributed by atoms with Gasteiger partial charge < -0.3 is 0 Å². The van der Waals surface area contributed by atoms with E-state index in [-0.39, 0.29) is 0 Å². The van der Waals surface area contributed by atoms with Crippen molar-refractivity contribution in [3.8, 4) is 0 Å². The van der Waals surface area contributed by atoms with Gasteiger partial charge in [0.1, 0.15) is 0 Å². The third kappa shape index (κ3) is 1.67. The van der Waals surface area contributed by atoms with Crippen LogP contribution in [-0.2, 0) is 6.42 Å². The molecule has 0 fully saturated rings. The van der Waals surface area contributed by atoms with E-state index in [4.69, 9.17) is 0 Å². The second-order valence-electron chi connectivity index (χ2n) is 4.23. The predicted molar refractivity (Wildman–Crippen MR) is 69.5 cm³/mol. The second kappa shape index (κ2) is 3.97. The van der Waals surface area contributed by atoms with Gasteiger partial charge in [-0.1, -0.05) is 60.7 Å². The van der Waals surface area contributed by atoms with Gasteiger partial charge in [-0.05, 0) is 34.8 Å². The minimum Gasteiger partial charge on any atom is -0.0805 e. The van der Waals surface area contributed by atoms with Crippen LogP contribution >= 0.6 is 0 Å². The van der Waals surface area contributed by atoms with Crippen molar-refractivity contribution in [2.24, 2.45) is 0 Å². The molecular formula is C16H14. The van der Waals surface area contributed by atoms with Gasteiger partial charge in [0, 0.05) is 0 Å². The van der Waals surface area contributed by atoms with E-state index in [9.17, 15) is 0 Å². The summed E-state index contributed by atoms with van der Waals surface area (Å²) in [5.74, 6) is 0. The Morgan fingerprint density at radius 3 is 2.69 bits per heavy atom. The number of fused-ring (bicyclic) bond motifs is 1. The lowest BCUT2D eigenvalue weighted by Gasteiger charge is -2.06. The van der Waals surface area contributed by atoms with E-state index in [1.807, 2.05) is 0 Å². The predicted octanol–water partition coefficient (Wildman–Crippen LogP) is 4.27. The molecule has 78 valence electrons. The lowest BCUT2D eigenvalue weighted by Crippen LogP contribution is -1.88. The third-order valence-electron chi connectivity index (χ3n) is 3.12. The van der Waals surface area contributed by atoms with Gasteiger partial charge in [-0.3, -0.25) is 0 Å². The van der Waals surface area contributed by atoms with Crippen LogP contribution in [-0.4, -0.2) is 0 Å². The van der Waals surface area contributed by atoms with E-state index in [0.717, 1.165) is 12.8 Å². The van der Waals surface area contributed by atoms with Crippen molar-refractivity contribution < 1.29 is 0 Å². The molecular weight excluding hydrogens is 192 g/mol. The summed E-state index contributed by atoms with van der Waals surface area (Å²) < 4.78 is 0. The van der Waals surface area contributed by atoms with Gasteiger partial charge in [-0.15, -0.1) is 0 Å². The Bertz CT molecular complexity index is 568. The van der Waals surface area contributed by atoms with Crippen LogP contribution in [0.3, 0.4) is 0 Å². The van der Waals surface area contributed by atoms with Gasteiger partial charge >= 0.3 is 0 Å². The van der Waals surface area contributed by atoms with Crippen LogP contribution in [0.2, 0.25) is 0 Å². The molecule has 1 aliphatic rings. The van der Waals surface area contributed by atoms with E-state index in [1.54, 1.807) is 0 Å². The molecule has 0 heteroatoms. The Morgan fingerprint density at radius 2 is 1.81 bits per heavy atom. The van der Waals surface area contributed by atoms with E-state index < -0.39 is 0 Å². The largest absolute Gasteiger partial charge is 0.0805 e. The van der Waals surface area contributed by atoms with Gasteiger partial charge in [0.2, 0.25) is 0 Å². The smallest absolute Gasteiger partial charge is 0.00228 e. The fraction of sp³-hybridized carbons (Fsp3) is 0.125. The zero-order valence-electron chi connectivity index (χ0n) is 9.19. The highest BCUT2D eigenvalue weighted by atomic mass is 14.1. The molecule has 3 rings (SSSR count). The van der Waals surface area contributed by atoms with Crippen molar-refractivity contribution in [3.05, 3.63) is 71.8 Å². The van der Waals surface area contributed by atoms with Crippen molar-refractivity contribution in [3.63, 3.8) is 0 Å². The molecule has 16 heavy (non-hydrogen) atoms. The van der Waals surface area contributed by atoms with E-state index in [2.05, 4.69) is 60.7 Å². The zero-order valence-corrected chi connectivity index (χ0v) is 9.19. The molecule has 2 aromatic rings. The monoisotopic (exact) mass is 206 g/mol. The molecule has 0 aromatic heterocycles. The first-order chi connectivity index (χ1) is 7.93. The molecule has 0 nitrogen and oxygen atoms in total. The Morgan fingerprint density at radius 1 is 0.938 bits per heavy atom. The maximum Gasteiger partial charge on any atom is -0.00228 e. The van der Waals surface area contributed by atoms with Crippen LogP contribution in [0.5, 0.6) is 0 Å². The summed E-state index contributed by atoms with van der Waals surface area (Å²) >= 11 is 0. The average Bonchev–Trinajstić information content (AvgIpc) is 2.82. The van der Waals surface area contributed by atoms with Crippen molar-refractivity contribution >= 4 is 10.8 Å². The van der Waals surface area contributed by atoms with Crippen molar-refractivity contribution in [1.29, 1.82) is 0 Å². The summed E-state index contributed by atoms with van der Waals surface area (Å²) in [7, 11) is 0. The zero-order chi connectivity index (χ0) is 10.8. The van der Waals surface area contributed by atoms with Crippen LogP contribution in [0, 0.1) is 0 Å². The summed E-state index contributed by atoms with van der Waals surface area (Å²) in [5.41, 5.74) is 2.87. The average molecular weight is 206 g/mol. The topological polar surface area (TPSA) is 0 Å². The standard InChI is InChI=1S/C16H14/c1-2-7-13(6-1)12-15-10-5-9-14-8-3-4-11-16(14)15/h1,3-11H,2,12H2. The van der Waals surface area contributed by atoms with Crippen LogP contribution in [0.15, 0.2) is 66.3 Å². The quantitative estimate of drug-likeness (QED) is 0.688. The van der Waals surface area contributed by atoms with Gasteiger partial charge in [0.25, 0.3) is 0 Å². The molecule has 0 aliphatic heterocycles. The van der Waals surface area contributed by atoms with Crippen LogP contribution in [0.25, 0.3) is 10.8 Å². The van der Waals surface area contributed by atoms with Crippen LogP contribution in [0.1, 0.15) is 12.0 Å². The first-order valence-electron chi connectivity index (χ1n) is 5.76. The minimum atomic E-state index is 1.05. The van der Waals surface area contributed by atoms with Crippen molar-refractivity contribution in [2.75, 3.05) is 0 Å². The maximum absolute atomic E-state index is 2.31. The first-order valence-corrected chi connectivity index (χ1v) is 5.76. The molecule has 0 unspecified atom stereocenters. The highest BCUT2D eigenvalue weighted by Gasteiger charge is 2.03. The van der Waals surface area contributed by atoms with Crippen LogP contribution in [0.4, 0.5) is 0 Å². The van der Waals surface area contributed by atoms with Crippen molar-refractivity contribution in [1.82, 2.24) is 0 Å². The normalized spacial score (nSPS) is 14.4. The summed E-state index contributed by atoms with van der Waals surface area (Å²) in [6.07, 6.45) is 8.92. The lowest BCUT2D eigenvalue weighted by atomic mass is 9.99. The lowest BCUT2D eigenvalue weighted by molar-refractivity contribution is 1.22.